The lowest BCUT2D eigenvalue weighted by atomic mass is 9.88. The van der Waals surface area contributed by atoms with Gasteiger partial charge in [0.25, 0.3) is 0 Å². The van der Waals surface area contributed by atoms with Crippen molar-refractivity contribution in [2.45, 2.75) is 45.2 Å². The number of aromatic nitrogens is 4. The lowest BCUT2D eigenvalue weighted by Crippen LogP contribution is -2.17. The number of nitrogen functional groups attached to an aromatic ring is 1. The molecule has 1 saturated heterocycles. The van der Waals surface area contributed by atoms with Gasteiger partial charge in [0.1, 0.15) is 17.4 Å². The summed E-state index contributed by atoms with van der Waals surface area (Å²) in [5, 5.41) is 4.08. The van der Waals surface area contributed by atoms with Crippen molar-refractivity contribution < 1.29 is 13.5 Å². The average molecular weight is 468 g/mol. The molecule has 4 heterocycles. The second-order valence-electron chi connectivity index (χ2n) is 7.89. The first-order valence-corrected chi connectivity index (χ1v) is 10.1. The molecule has 0 spiro atoms. The molecule has 29 heavy (non-hydrogen) atoms. The fourth-order valence-electron chi connectivity index (χ4n) is 2.89. The number of pyridine rings is 1. The third kappa shape index (κ3) is 4.90. The zero-order chi connectivity index (χ0) is 21.2. The number of halogens is 3. The first-order chi connectivity index (χ1) is 13.7. The van der Waals surface area contributed by atoms with Crippen LogP contribution in [-0.2, 0) is 10.2 Å². The number of hydrogen-bond donors (Lipinski definition) is 1. The zero-order valence-corrected chi connectivity index (χ0v) is 18.2. The van der Waals surface area contributed by atoms with Gasteiger partial charge in [-0.25, -0.2) is 18.3 Å². The van der Waals surface area contributed by atoms with Crippen LogP contribution in [0.1, 0.15) is 39.2 Å². The fourth-order valence-corrected chi connectivity index (χ4v) is 3.47. The van der Waals surface area contributed by atoms with Crippen LogP contribution in [0.25, 0.3) is 16.9 Å². The van der Waals surface area contributed by atoms with Crippen LogP contribution in [0.15, 0.2) is 29.0 Å². The number of ether oxygens (including phenoxy) is 1. The molecule has 156 valence electrons. The van der Waals surface area contributed by atoms with E-state index in [2.05, 4.69) is 51.8 Å². The van der Waals surface area contributed by atoms with Gasteiger partial charge in [0, 0.05) is 12.8 Å². The highest BCUT2D eigenvalue weighted by atomic mass is 79.9. The Hall–Kier alpha value is -2.13. The Bertz CT molecular complexity index is 979. The zero-order valence-electron chi connectivity index (χ0n) is 16.6. The van der Waals surface area contributed by atoms with Gasteiger partial charge in [-0.1, -0.05) is 26.8 Å². The van der Waals surface area contributed by atoms with E-state index < -0.39 is 12.0 Å². The monoisotopic (exact) mass is 467 g/mol. The summed E-state index contributed by atoms with van der Waals surface area (Å²) in [6, 6.07) is 3.83. The molecule has 0 saturated carbocycles. The second kappa shape index (κ2) is 8.71. The number of fused-ring (bicyclic) bond motifs is 1. The van der Waals surface area contributed by atoms with E-state index in [1.165, 1.54) is 10.7 Å². The molecule has 0 bridgehead atoms. The lowest BCUT2D eigenvalue weighted by Gasteiger charge is -2.18. The first kappa shape index (κ1) is 21.6. The smallest absolute Gasteiger partial charge is 0.238 e. The van der Waals surface area contributed by atoms with E-state index in [0.717, 1.165) is 18.6 Å². The molecule has 1 aliphatic rings. The topological polar surface area (TPSA) is 78.3 Å². The van der Waals surface area contributed by atoms with Gasteiger partial charge in [-0.15, -0.1) is 5.10 Å². The Kier molecular flexibility index (Phi) is 6.48. The molecule has 1 atom stereocenters. The maximum atomic E-state index is 14.3. The van der Waals surface area contributed by atoms with E-state index in [1.54, 1.807) is 6.20 Å². The maximum Gasteiger partial charge on any atom is 0.238 e. The van der Waals surface area contributed by atoms with E-state index in [0.29, 0.717) is 28.9 Å². The van der Waals surface area contributed by atoms with Gasteiger partial charge in [0.15, 0.2) is 5.82 Å². The standard InChI is InChI=1S/C15H15BrFN5.C5H9FO/c1-15(2,3)8-4-5-9(19-6-8)13-11(16)12(17)10-7-20-14(18)21-22(10)13;6-5-2-1-3-7-4-5/h4-7H,1-3H3,(H2,18,21);5H,1-4H2. The normalized spacial score (nSPS) is 17.1. The van der Waals surface area contributed by atoms with E-state index in [4.69, 9.17) is 10.5 Å². The molecular weight excluding hydrogens is 444 g/mol. The van der Waals surface area contributed by atoms with Crippen molar-refractivity contribution in [2.75, 3.05) is 18.9 Å². The Morgan fingerprint density at radius 2 is 2.00 bits per heavy atom. The second-order valence-corrected chi connectivity index (χ2v) is 8.68. The summed E-state index contributed by atoms with van der Waals surface area (Å²) in [6.45, 7) is 7.40. The number of hydrogen-bond acceptors (Lipinski definition) is 5. The quantitative estimate of drug-likeness (QED) is 0.560. The molecule has 1 aliphatic heterocycles. The van der Waals surface area contributed by atoms with E-state index in [9.17, 15) is 8.78 Å². The van der Waals surface area contributed by atoms with Crippen molar-refractivity contribution in [3.05, 3.63) is 40.4 Å². The molecule has 3 aromatic rings. The summed E-state index contributed by atoms with van der Waals surface area (Å²) in [4.78, 5) is 8.28. The summed E-state index contributed by atoms with van der Waals surface area (Å²) in [7, 11) is 0. The predicted octanol–water partition coefficient (Wildman–Crippen LogP) is 4.71. The van der Waals surface area contributed by atoms with Crippen molar-refractivity contribution in [3.63, 3.8) is 0 Å². The predicted molar refractivity (Wildman–Crippen MR) is 112 cm³/mol. The highest BCUT2D eigenvalue weighted by Gasteiger charge is 2.21. The summed E-state index contributed by atoms with van der Waals surface area (Å²) in [5.41, 5.74) is 8.08. The molecule has 0 amide bonds. The highest BCUT2D eigenvalue weighted by molar-refractivity contribution is 9.10. The van der Waals surface area contributed by atoms with E-state index in [1.807, 2.05) is 12.1 Å². The minimum Gasteiger partial charge on any atom is -0.378 e. The van der Waals surface area contributed by atoms with Crippen LogP contribution in [0.4, 0.5) is 14.7 Å². The van der Waals surface area contributed by atoms with Crippen LogP contribution in [0, 0.1) is 5.82 Å². The van der Waals surface area contributed by atoms with E-state index >= 15 is 0 Å². The molecule has 3 aromatic heterocycles. The first-order valence-electron chi connectivity index (χ1n) is 9.35. The maximum absolute atomic E-state index is 14.3. The Morgan fingerprint density at radius 3 is 2.52 bits per heavy atom. The molecule has 0 aromatic carbocycles. The fraction of sp³-hybridized carbons (Fsp3) is 0.450. The highest BCUT2D eigenvalue weighted by Crippen LogP contribution is 2.34. The minimum atomic E-state index is -0.686. The molecule has 1 fully saturated rings. The van der Waals surface area contributed by atoms with E-state index in [-0.39, 0.29) is 16.9 Å². The molecular formula is C20H24BrF2N5O. The van der Waals surface area contributed by atoms with Crippen molar-refractivity contribution in [2.24, 2.45) is 0 Å². The van der Waals surface area contributed by atoms with Gasteiger partial charge in [0.05, 0.1) is 23.0 Å². The van der Waals surface area contributed by atoms with Crippen molar-refractivity contribution >= 4 is 27.4 Å². The van der Waals surface area contributed by atoms with Gasteiger partial charge in [-0.05, 0) is 45.8 Å². The molecule has 2 N–H and O–H groups in total. The van der Waals surface area contributed by atoms with Gasteiger partial charge in [0.2, 0.25) is 5.95 Å². The van der Waals surface area contributed by atoms with Crippen LogP contribution in [0.2, 0.25) is 0 Å². The molecule has 4 rings (SSSR count). The van der Waals surface area contributed by atoms with Gasteiger partial charge in [-0.3, -0.25) is 4.98 Å². The van der Waals surface area contributed by atoms with Crippen LogP contribution in [0.3, 0.4) is 0 Å². The number of alkyl halides is 1. The summed E-state index contributed by atoms with van der Waals surface area (Å²) >= 11 is 3.27. The summed E-state index contributed by atoms with van der Waals surface area (Å²) < 4.78 is 32.9. The number of rotatable bonds is 1. The van der Waals surface area contributed by atoms with Crippen molar-refractivity contribution in [3.8, 4) is 11.4 Å². The molecule has 6 nitrogen and oxygen atoms in total. The Balaban J connectivity index is 0.000000290. The summed E-state index contributed by atoms with van der Waals surface area (Å²) in [6.07, 6.45) is 4.05. The largest absolute Gasteiger partial charge is 0.378 e. The molecule has 0 aliphatic carbocycles. The number of nitrogens with zero attached hydrogens (tertiary/aromatic N) is 4. The average Bonchev–Trinajstić information content (AvgIpc) is 2.92. The molecule has 9 heteroatoms. The van der Waals surface area contributed by atoms with Crippen LogP contribution < -0.4 is 5.73 Å². The van der Waals surface area contributed by atoms with Gasteiger partial charge >= 0.3 is 0 Å². The minimum absolute atomic E-state index is 0.00183. The lowest BCUT2D eigenvalue weighted by molar-refractivity contribution is 0.0366. The third-order valence-corrected chi connectivity index (χ3v) is 5.29. The Morgan fingerprint density at radius 1 is 1.24 bits per heavy atom. The number of nitrogens with two attached hydrogens (primary N) is 1. The summed E-state index contributed by atoms with van der Waals surface area (Å²) in [5.74, 6) is -0.362. The SMILES string of the molecule is CC(C)(C)c1ccc(-c2c(Br)c(F)c3cnc(N)nn23)nc1.FC1CCCOC1. The van der Waals surface area contributed by atoms with Crippen molar-refractivity contribution in [1.29, 1.82) is 0 Å². The molecule has 0 radical (unpaired) electrons. The van der Waals surface area contributed by atoms with Gasteiger partial charge < -0.3 is 10.5 Å². The van der Waals surface area contributed by atoms with Gasteiger partial charge in [-0.2, -0.15) is 0 Å². The third-order valence-electron chi connectivity index (χ3n) is 4.56. The van der Waals surface area contributed by atoms with Crippen LogP contribution >= 0.6 is 15.9 Å². The number of anilines is 1. The van der Waals surface area contributed by atoms with Crippen LogP contribution in [-0.4, -0.2) is 39.0 Å². The van der Waals surface area contributed by atoms with Crippen molar-refractivity contribution in [1.82, 2.24) is 19.6 Å². The Labute approximate surface area is 176 Å². The van der Waals surface area contributed by atoms with Crippen LogP contribution in [0.5, 0.6) is 0 Å². The molecule has 1 unspecified atom stereocenters.